The van der Waals surface area contributed by atoms with Gasteiger partial charge in [-0.3, -0.25) is 19.7 Å². The summed E-state index contributed by atoms with van der Waals surface area (Å²) in [6, 6.07) is 0. The third kappa shape index (κ3) is 4.72. The van der Waals surface area contributed by atoms with Crippen LogP contribution in [0.15, 0.2) is 6.20 Å². The molecular formula is C9H15N5O3S. The molecule has 100 valence electrons. The number of hydrogen-bond donors (Lipinski definition) is 2. The van der Waals surface area contributed by atoms with Crippen LogP contribution in [0.25, 0.3) is 0 Å². The van der Waals surface area contributed by atoms with Gasteiger partial charge >= 0.3 is 5.97 Å². The first-order valence-electron chi connectivity index (χ1n) is 5.31. The summed E-state index contributed by atoms with van der Waals surface area (Å²) in [5.74, 6) is 5.22. The van der Waals surface area contributed by atoms with Crippen molar-refractivity contribution in [2.45, 2.75) is 13.5 Å². The Morgan fingerprint density at radius 3 is 3.06 bits per heavy atom. The molecule has 0 aliphatic rings. The summed E-state index contributed by atoms with van der Waals surface area (Å²) in [5, 5.41) is 7.41. The summed E-state index contributed by atoms with van der Waals surface area (Å²) in [6.07, 6.45) is 1.49. The average molecular weight is 273 g/mol. The molecule has 0 aliphatic heterocycles. The van der Waals surface area contributed by atoms with Crippen molar-refractivity contribution in [3.63, 3.8) is 0 Å². The van der Waals surface area contributed by atoms with Gasteiger partial charge in [-0.25, -0.2) is 5.84 Å². The molecule has 0 aliphatic carbocycles. The molecule has 0 spiro atoms. The van der Waals surface area contributed by atoms with Crippen molar-refractivity contribution in [1.29, 1.82) is 0 Å². The quantitative estimate of drug-likeness (QED) is 0.219. The second kappa shape index (κ2) is 7.67. The van der Waals surface area contributed by atoms with E-state index >= 15 is 0 Å². The van der Waals surface area contributed by atoms with E-state index in [2.05, 4.69) is 10.3 Å². The number of nitrogens with two attached hydrogens (primary N) is 1. The highest BCUT2D eigenvalue weighted by Crippen LogP contribution is 2.02. The highest BCUT2D eigenvalue weighted by Gasteiger charge is 2.08. The molecule has 0 fully saturated rings. The molecule has 18 heavy (non-hydrogen) atoms. The number of thioether (sulfide) groups is 1. The Kier molecular flexibility index (Phi) is 6.15. The zero-order valence-electron chi connectivity index (χ0n) is 9.96. The number of esters is 1. The Bertz CT molecular complexity index is 409. The lowest BCUT2D eigenvalue weighted by molar-refractivity contribution is -0.139. The summed E-state index contributed by atoms with van der Waals surface area (Å²) < 4.78 is 6.30. The van der Waals surface area contributed by atoms with Crippen molar-refractivity contribution in [2.24, 2.45) is 5.84 Å². The zero-order chi connectivity index (χ0) is 13.4. The molecule has 1 rings (SSSR count). The van der Waals surface area contributed by atoms with Gasteiger partial charge in [0.15, 0.2) is 5.69 Å². The van der Waals surface area contributed by atoms with E-state index in [9.17, 15) is 9.59 Å². The van der Waals surface area contributed by atoms with Crippen LogP contribution in [-0.4, -0.2) is 45.0 Å². The van der Waals surface area contributed by atoms with Crippen LogP contribution in [0.4, 0.5) is 0 Å². The third-order valence-electron chi connectivity index (χ3n) is 1.89. The lowest BCUT2D eigenvalue weighted by atomic mass is 10.5. The maximum absolute atomic E-state index is 11.1. The Balaban J connectivity index is 2.25. The Labute approximate surface area is 108 Å². The molecule has 0 saturated heterocycles. The maximum Gasteiger partial charge on any atom is 0.315 e. The topological polar surface area (TPSA) is 112 Å². The van der Waals surface area contributed by atoms with E-state index in [0.29, 0.717) is 24.7 Å². The fourth-order valence-electron chi connectivity index (χ4n) is 1.10. The van der Waals surface area contributed by atoms with Gasteiger partial charge in [-0.15, -0.1) is 16.9 Å². The minimum atomic E-state index is -0.486. The molecule has 8 nitrogen and oxygen atoms in total. The number of hydrazine groups is 1. The fraction of sp³-hybridized carbons (Fsp3) is 0.556. The van der Waals surface area contributed by atoms with Gasteiger partial charge in [-0.05, 0) is 6.92 Å². The molecular weight excluding hydrogens is 258 g/mol. The number of nitrogens with zero attached hydrogens (tertiary/aromatic N) is 3. The number of rotatable bonds is 7. The number of carbonyl (C=O) groups excluding carboxylic acids is 2. The van der Waals surface area contributed by atoms with Gasteiger partial charge in [0.1, 0.15) is 0 Å². The van der Waals surface area contributed by atoms with Gasteiger partial charge in [0.05, 0.1) is 25.1 Å². The monoisotopic (exact) mass is 273 g/mol. The molecule has 3 N–H and O–H groups in total. The molecule has 0 unspecified atom stereocenters. The summed E-state index contributed by atoms with van der Waals surface area (Å²) in [5.41, 5.74) is 2.13. The maximum atomic E-state index is 11.1. The van der Waals surface area contributed by atoms with Crippen LogP contribution in [0.3, 0.4) is 0 Å². The van der Waals surface area contributed by atoms with E-state index in [1.807, 2.05) is 5.43 Å². The minimum absolute atomic E-state index is 0.160. The molecule has 0 saturated carbocycles. The summed E-state index contributed by atoms with van der Waals surface area (Å²) >= 11 is 1.43. The van der Waals surface area contributed by atoms with Crippen molar-refractivity contribution in [2.75, 3.05) is 18.1 Å². The number of aromatic nitrogens is 3. The van der Waals surface area contributed by atoms with Crippen LogP contribution in [0.2, 0.25) is 0 Å². The predicted molar refractivity (Wildman–Crippen MR) is 65.6 cm³/mol. The van der Waals surface area contributed by atoms with Gasteiger partial charge in [-0.2, -0.15) is 0 Å². The largest absolute Gasteiger partial charge is 0.465 e. The Morgan fingerprint density at radius 1 is 1.61 bits per heavy atom. The van der Waals surface area contributed by atoms with Crippen LogP contribution < -0.4 is 11.3 Å². The lowest BCUT2D eigenvalue weighted by Gasteiger charge is -2.01. The van der Waals surface area contributed by atoms with Crippen molar-refractivity contribution in [3.05, 3.63) is 11.9 Å². The highest BCUT2D eigenvalue weighted by molar-refractivity contribution is 7.99. The van der Waals surface area contributed by atoms with Crippen LogP contribution in [0.1, 0.15) is 17.4 Å². The van der Waals surface area contributed by atoms with E-state index in [1.165, 1.54) is 22.6 Å². The fourth-order valence-corrected chi connectivity index (χ4v) is 1.81. The van der Waals surface area contributed by atoms with E-state index in [0.717, 1.165) is 0 Å². The first-order chi connectivity index (χ1) is 8.67. The zero-order valence-corrected chi connectivity index (χ0v) is 10.8. The molecule has 1 aromatic heterocycles. The number of ether oxygens (including phenoxy) is 1. The first-order valence-corrected chi connectivity index (χ1v) is 6.47. The SMILES string of the molecule is CCOC(=O)CSCCn1cc(C(=O)NN)nn1. The second-order valence-corrected chi connectivity index (χ2v) is 4.30. The Hall–Kier alpha value is -1.61. The smallest absolute Gasteiger partial charge is 0.315 e. The molecule has 9 heteroatoms. The summed E-state index contributed by atoms with van der Waals surface area (Å²) in [4.78, 5) is 22.1. The van der Waals surface area contributed by atoms with Gasteiger partial charge in [0, 0.05) is 5.75 Å². The molecule has 1 aromatic rings. The molecule has 1 heterocycles. The number of carbonyl (C=O) groups is 2. The number of amides is 1. The predicted octanol–water partition coefficient (Wildman–Crippen LogP) is -0.822. The molecule has 0 aromatic carbocycles. The van der Waals surface area contributed by atoms with E-state index in [4.69, 9.17) is 10.6 Å². The van der Waals surface area contributed by atoms with E-state index in [-0.39, 0.29) is 11.7 Å². The van der Waals surface area contributed by atoms with Crippen LogP contribution in [0.5, 0.6) is 0 Å². The Morgan fingerprint density at radius 2 is 2.39 bits per heavy atom. The highest BCUT2D eigenvalue weighted by atomic mass is 32.2. The van der Waals surface area contributed by atoms with Crippen LogP contribution in [-0.2, 0) is 16.1 Å². The molecule has 0 radical (unpaired) electrons. The van der Waals surface area contributed by atoms with Crippen molar-refractivity contribution in [3.8, 4) is 0 Å². The van der Waals surface area contributed by atoms with Gasteiger partial charge < -0.3 is 4.74 Å². The number of nitrogen functional groups attached to an aromatic ring is 1. The van der Waals surface area contributed by atoms with Gasteiger partial charge in [0.25, 0.3) is 5.91 Å². The molecule has 1 amide bonds. The second-order valence-electron chi connectivity index (χ2n) is 3.20. The average Bonchev–Trinajstić information content (AvgIpc) is 2.83. The van der Waals surface area contributed by atoms with Crippen molar-refractivity contribution in [1.82, 2.24) is 20.4 Å². The first kappa shape index (κ1) is 14.5. The number of hydrogen-bond acceptors (Lipinski definition) is 7. The summed E-state index contributed by atoms with van der Waals surface area (Å²) in [6.45, 7) is 2.71. The van der Waals surface area contributed by atoms with Crippen molar-refractivity contribution < 1.29 is 14.3 Å². The van der Waals surface area contributed by atoms with Crippen LogP contribution in [0, 0.1) is 0 Å². The van der Waals surface area contributed by atoms with E-state index < -0.39 is 5.91 Å². The lowest BCUT2D eigenvalue weighted by Crippen LogP contribution is -2.30. The third-order valence-corrected chi connectivity index (χ3v) is 2.80. The molecule has 0 bridgehead atoms. The van der Waals surface area contributed by atoms with Crippen molar-refractivity contribution >= 4 is 23.6 Å². The van der Waals surface area contributed by atoms with E-state index in [1.54, 1.807) is 6.92 Å². The minimum Gasteiger partial charge on any atom is -0.465 e. The number of nitrogens with one attached hydrogen (secondary N) is 1. The van der Waals surface area contributed by atoms with Gasteiger partial charge in [-0.1, -0.05) is 5.21 Å². The normalized spacial score (nSPS) is 10.1. The van der Waals surface area contributed by atoms with Crippen LogP contribution >= 0.6 is 11.8 Å². The number of aryl methyl sites for hydroxylation is 1. The molecule has 0 atom stereocenters. The van der Waals surface area contributed by atoms with Gasteiger partial charge in [0.2, 0.25) is 0 Å². The standard InChI is InChI=1S/C9H15N5O3S/c1-2-17-8(15)6-18-4-3-14-5-7(12-13-14)9(16)11-10/h5H,2-4,6,10H2,1H3,(H,11,16). The summed E-state index contributed by atoms with van der Waals surface area (Å²) in [7, 11) is 0.